The van der Waals surface area contributed by atoms with Crippen LogP contribution >= 0.6 is 0 Å². The molecule has 0 radical (unpaired) electrons. The van der Waals surface area contributed by atoms with Crippen molar-refractivity contribution in [3.8, 4) is 0 Å². The van der Waals surface area contributed by atoms with E-state index in [0.717, 1.165) is 37.1 Å². The van der Waals surface area contributed by atoms with Crippen LogP contribution in [0.4, 0.5) is 16.2 Å². The topological polar surface area (TPSA) is 41.1 Å². The van der Waals surface area contributed by atoms with Crippen molar-refractivity contribution in [3.63, 3.8) is 0 Å². The summed E-state index contributed by atoms with van der Waals surface area (Å²) in [7, 11) is 0. The van der Waals surface area contributed by atoms with Crippen molar-refractivity contribution < 1.29 is 4.79 Å². The van der Waals surface area contributed by atoms with Crippen molar-refractivity contribution in [1.29, 1.82) is 0 Å². The number of urea groups is 1. The fourth-order valence-corrected chi connectivity index (χ4v) is 5.07. The van der Waals surface area contributed by atoms with Gasteiger partial charge < -0.3 is 10.6 Å². The first-order valence-electron chi connectivity index (χ1n) is 14.9. The Balaban J connectivity index is 2.21. The zero-order chi connectivity index (χ0) is 26.0. The molecule has 0 fully saturated rings. The molecule has 200 valence electrons. The van der Waals surface area contributed by atoms with Gasteiger partial charge in [0.1, 0.15) is 0 Å². The molecule has 2 amide bonds. The highest BCUT2D eigenvalue weighted by molar-refractivity contribution is 6.00. The first-order chi connectivity index (χ1) is 17.6. The number of nitrogens with one attached hydrogen (secondary N) is 2. The van der Waals surface area contributed by atoms with Gasteiger partial charge in [-0.2, -0.15) is 0 Å². The second-order valence-electron chi connectivity index (χ2n) is 10.3. The number of aryl methyl sites for hydroxylation is 2. The minimum atomic E-state index is -0.125. The number of anilines is 2. The Bertz CT molecular complexity index is 818. The summed E-state index contributed by atoms with van der Waals surface area (Å²) in [6, 6.07) is 12.7. The van der Waals surface area contributed by atoms with E-state index in [1.807, 2.05) is 0 Å². The Labute approximate surface area is 221 Å². The molecule has 0 bridgehead atoms. The van der Waals surface area contributed by atoms with Gasteiger partial charge >= 0.3 is 6.03 Å². The Morgan fingerprint density at radius 2 is 0.889 bits per heavy atom. The molecule has 2 aromatic carbocycles. The zero-order valence-electron chi connectivity index (χ0n) is 23.7. The van der Waals surface area contributed by atoms with Crippen LogP contribution in [0.1, 0.15) is 127 Å². The van der Waals surface area contributed by atoms with Gasteiger partial charge in [0, 0.05) is 11.4 Å². The van der Waals surface area contributed by atoms with Gasteiger partial charge in [-0.25, -0.2) is 4.79 Å². The van der Waals surface area contributed by atoms with Crippen molar-refractivity contribution in [3.05, 3.63) is 58.7 Å². The summed E-state index contributed by atoms with van der Waals surface area (Å²) in [5.41, 5.74) is 7.40. The summed E-state index contributed by atoms with van der Waals surface area (Å²) in [6.45, 7) is 8.99. The molecule has 2 aromatic rings. The monoisotopic (exact) mass is 492 g/mol. The fraction of sp³-hybridized carbons (Fsp3) is 0.606. The van der Waals surface area contributed by atoms with E-state index in [0.29, 0.717) is 0 Å². The predicted molar refractivity (Wildman–Crippen MR) is 158 cm³/mol. The van der Waals surface area contributed by atoms with Crippen LogP contribution in [0.3, 0.4) is 0 Å². The van der Waals surface area contributed by atoms with Crippen LogP contribution in [-0.2, 0) is 25.7 Å². The third-order valence-electron chi connectivity index (χ3n) is 7.20. The number of unbranched alkanes of at least 4 members (excludes halogenated alkanes) is 8. The molecule has 3 nitrogen and oxygen atoms in total. The molecular formula is C33H52N2O. The van der Waals surface area contributed by atoms with E-state index < -0.39 is 0 Å². The maximum atomic E-state index is 13.3. The lowest BCUT2D eigenvalue weighted by Crippen LogP contribution is -2.22. The molecule has 0 aliphatic carbocycles. The average Bonchev–Trinajstić information content (AvgIpc) is 2.87. The molecule has 3 heteroatoms. The lowest BCUT2D eigenvalue weighted by molar-refractivity contribution is 0.262. The van der Waals surface area contributed by atoms with E-state index in [2.05, 4.69) is 74.7 Å². The van der Waals surface area contributed by atoms with Crippen molar-refractivity contribution in [2.45, 2.75) is 130 Å². The molecular weight excluding hydrogens is 440 g/mol. The Morgan fingerprint density at radius 3 is 1.25 bits per heavy atom. The summed E-state index contributed by atoms with van der Waals surface area (Å²) in [5, 5.41) is 6.47. The van der Waals surface area contributed by atoms with E-state index in [-0.39, 0.29) is 6.03 Å². The Hall–Kier alpha value is -2.29. The van der Waals surface area contributed by atoms with E-state index in [1.165, 1.54) is 99.3 Å². The number of rotatable bonds is 18. The second kappa shape index (κ2) is 18.0. The van der Waals surface area contributed by atoms with Crippen molar-refractivity contribution in [1.82, 2.24) is 0 Å². The van der Waals surface area contributed by atoms with Crippen LogP contribution in [0.2, 0.25) is 0 Å². The highest BCUT2D eigenvalue weighted by Crippen LogP contribution is 2.27. The van der Waals surface area contributed by atoms with Gasteiger partial charge in [-0.1, -0.05) is 103 Å². The quantitative estimate of drug-likeness (QED) is 0.200. The van der Waals surface area contributed by atoms with Gasteiger partial charge in [0.2, 0.25) is 0 Å². The van der Waals surface area contributed by atoms with Gasteiger partial charge in [0.15, 0.2) is 0 Å². The minimum absolute atomic E-state index is 0.125. The predicted octanol–water partition coefficient (Wildman–Crippen LogP) is 10.3. The van der Waals surface area contributed by atoms with Crippen molar-refractivity contribution in [2.24, 2.45) is 0 Å². The third kappa shape index (κ3) is 10.4. The molecule has 0 saturated heterocycles. The average molecular weight is 493 g/mol. The lowest BCUT2D eigenvalue weighted by atomic mass is 9.95. The molecule has 0 spiro atoms. The summed E-state index contributed by atoms with van der Waals surface area (Å²) >= 11 is 0. The lowest BCUT2D eigenvalue weighted by Gasteiger charge is -2.19. The van der Waals surface area contributed by atoms with Gasteiger partial charge in [-0.3, -0.25) is 0 Å². The van der Waals surface area contributed by atoms with E-state index >= 15 is 0 Å². The van der Waals surface area contributed by atoms with Crippen LogP contribution in [0.5, 0.6) is 0 Å². The largest absolute Gasteiger partial charge is 0.323 e. The number of benzene rings is 2. The number of carbonyl (C=O) groups is 1. The normalized spacial score (nSPS) is 11.0. The van der Waals surface area contributed by atoms with Gasteiger partial charge in [0.25, 0.3) is 0 Å². The second-order valence-corrected chi connectivity index (χ2v) is 10.3. The zero-order valence-corrected chi connectivity index (χ0v) is 23.7. The standard InChI is InChI=1S/C33H52N2O/c1-5-9-13-19-27-21-17-25-31(29(27)23-15-11-7-3)34-33(36)35-32-26-18-22-28(20-14-10-6-2)30(32)24-16-12-8-4/h17-18,21-22,25-26H,5-16,19-20,23-24H2,1-4H3,(H2,34,35,36). The first-order valence-corrected chi connectivity index (χ1v) is 14.9. The van der Waals surface area contributed by atoms with Crippen LogP contribution in [0.25, 0.3) is 0 Å². The molecule has 0 aliphatic rings. The van der Waals surface area contributed by atoms with Crippen LogP contribution < -0.4 is 10.6 Å². The van der Waals surface area contributed by atoms with Crippen LogP contribution in [-0.4, -0.2) is 6.03 Å². The molecule has 0 aliphatic heterocycles. The Morgan fingerprint density at radius 1 is 0.528 bits per heavy atom. The summed E-state index contributed by atoms with van der Waals surface area (Å²) in [4.78, 5) is 13.3. The highest BCUT2D eigenvalue weighted by atomic mass is 16.2. The highest BCUT2D eigenvalue weighted by Gasteiger charge is 2.14. The number of hydrogen-bond donors (Lipinski definition) is 2. The number of carbonyl (C=O) groups excluding carboxylic acids is 1. The molecule has 0 atom stereocenters. The fourth-order valence-electron chi connectivity index (χ4n) is 5.07. The number of amides is 2. The first kappa shape index (κ1) is 29.9. The summed E-state index contributed by atoms with van der Waals surface area (Å²) in [5.74, 6) is 0. The number of hydrogen-bond acceptors (Lipinski definition) is 1. The smallest absolute Gasteiger partial charge is 0.307 e. The maximum Gasteiger partial charge on any atom is 0.323 e. The van der Waals surface area contributed by atoms with E-state index in [1.54, 1.807) is 0 Å². The van der Waals surface area contributed by atoms with Gasteiger partial charge in [-0.15, -0.1) is 0 Å². The molecule has 0 unspecified atom stereocenters. The molecule has 2 N–H and O–H groups in total. The third-order valence-corrected chi connectivity index (χ3v) is 7.20. The van der Waals surface area contributed by atoms with E-state index in [9.17, 15) is 4.79 Å². The van der Waals surface area contributed by atoms with Gasteiger partial charge in [0.05, 0.1) is 0 Å². The van der Waals surface area contributed by atoms with Crippen molar-refractivity contribution >= 4 is 17.4 Å². The Kier molecular flexibility index (Phi) is 15.0. The summed E-state index contributed by atoms with van der Waals surface area (Å²) in [6.07, 6.45) is 18.8. The molecule has 36 heavy (non-hydrogen) atoms. The van der Waals surface area contributed by atoms with E-state index in [4.69, 9.17) is 0 Å². The maximum absolute atomic E-state index is 13.3. The minimum Gasteiger partial charge on any atom is -0.307 e. The molecule has 0 aromatic heterocycles. The van der Waals surface area contributed by atoms with Crippen LogP contribution in [0.15, 0.2) is 36.4 Å². The van der Waals surface area contributed by atoms with Gasteiger partial charge in [-0.05, 0) is 85.8 Å². The molecule has 0 heterocycles. The van der Waals surface area contributed by atoms with Crippen molar-refractivity contribution in [2.75, 3.05) is 10.6 Å². The molecule has 2 rings (SSSR count). The van der Waals surface area contributed by atoms with Crippen LogP contribution in [0, 0.1) is 0 Å². The SMILES string of the molecule is CCCCCc1cccc(NC(=O)Nc2cccc(CCCCC)c2CCCCC)c1CCCCC. The molecule has 0 saturated carbocycles. The summed E-state index contributed by atoms with van der Waals surface area (Å²) < 4.78 is 0.